The number of thiophene rings is 1. The Labute approximate surface area is 145 Å². The van der Waals surface area contributed by atoms with Gasteiger partial charge in [-0.2, -0.15) is 0 Å². The molecule has 0 radical (unpaired) electrons. The minimum Gasteiger partial charge on any atom is -0.491 e. The summed E-state index contributed by atoms with van der Waals surface area (Å²) in [6.07, 6.45) is 0.0665. The number of ether oxygens (including phenoxy) is 2. The molecular weight excluding hydrogens is 326 g/mol. The third kappa shape index (κ3) is 5.38. The van der Waals surface area contributed by atoms with Gasteiger partial charge >= 0.3 is 5.97 Å². The van der Waals surface area contributed by atoms with Gasteiger partial charge in [0.1, 0.15) is 5.75 Å². The fourth-order valence-corrected chi connectivity index (χ4v) is 2.78. The van der Waals surface area contributed by atoms with E-state index in [0.717, 1.165) is 4.88 Å². The van der Waals surface area contributed by atoms with Gasteiger partial charge in [-0.3, -0.25) is 4.79 Å². The maximum atomic E-state index is 12.0. The first-order chi connectivity index (χ1) is 11.5. The van der Waals surface area contributed by atoms with E-state index in [2.05, 4.69) is 5.32 Å². The lowest BCUT2D eigenvalue weighted by atomic mass is 10.2. The van der Waals surface area contributed by atoms with Crippen LogP contribution in [0, 0.1) is 0 Å². The van der Waals surface area contributed by atoms with E-state index >= 15 is 0 Å². The fourth-order valence-electron chi connectivity index (χ4n) is 2.05. The van der Waals surface area contributed by atoms with E-state index in [4.69, 9.17) is 9.47 Å². The largest absolute Gasteiger partial charge is 0.491 e. The molecule has 0 bridgehead atoms. The molecule has 2 aromatic rings. The topological polar surface area (TPSA) is 64.6 Å². The Bertz CT molecular complexity index is 665. The van der Waals surface area contributed by atoms with Crippen molar-refractivity contribution in [3.8, 4) is 5.75 Å². The molecule has 1 atom stereocenters. The van der Waals surface area contributed by atoms with Crippen molar-refractivity contribution in [2.24, 2.45) is 0 Å². The van der Waals surface area contributed by atoms with Gasteiger partial charge in [-0.1, -0.05) is 6.07 Å². The van der Waals surface area contributed by atoms with E-state index in [1.807, 2.05) is 38.3 Å². The molecule has 1 amide bonds. The number of carbonyl (C=O) groups excluding carboxylic acids is 2. The summed E-state index contributed by atoms with van der Waals surface area (Å²) in [6.45, 7) is 5.44. The molecule has 0 saturated carbocycles. The molecule has 0 saturated heterocycles. The molecule has 0 aliphatic rings. The molecule has 0 aliphatic carbocycles. The summed E-state index contributed by atoms with van der Waals surface area (Å²) in [6, 6.07) is 10.4. The summed E-state index contributed by atoms with van der Waals surface area (Å²) >= 11 is 1.57. The second kappa shape index (κ2) is 8.49. The van der Waals surface area contributed by atoms with Crippen LogP contribution in [0.15, 0.2) is 41.8 Å². The summed E-state index contributed by atoms with van der Waals surface area (Å²) in [7, 11) is 0. The van der Waals surface area contributed by atoms with Crippen LogP contribution in [0.4, 0.5) is 0 Å². The molecule has 1 N–H and O–H groups in total. The number of rotatable bonds is 7. The van der Waals surface area contributed by atoms with E-state index in [9.17, 15) is 9.59 Å². The van der Waals surface area contributed by atoms with Gasteiger partial charge in [-0.05, 0) is 56.5 Å². The first-order valence-electron chi connectivity index (χ1n) is 7.72. The quantitative estimate of drug-likeness (QED) is 0.778. The second-order valence-corrected chi connectivity index (χ2v) is 6.55. The second-order valence-electron chi connectivity index (χ2n) is 5.57. The summed E-state index contributed by atoms with van der Waals surface area (Å²) < 4.78 is 10.6. The average Bonchev–Trinajstić information content (AvgIpc) is 3.07. The highest BCUT2D eigenvalue weighted by Gasteiger charge is 2.13. The van der Waals surface area contributed by atoms with Crippen molar-refractivity contribution in [3.63, 3.8) is 0 Å². The molecule has 1 aromatic carbocycles. The fraction of sp³-hybridized carbons (Fsp3) is 0.333. The van der Waals surface area contributed by atoms with Gasteiger partial charge in [0, 0.05) is 4.88 Å². The van der Waals surface area contributed by atoms with Gasteiger partial charge < -0.3 is 14.8 Å². The SMILES string of the molecule is CC(C)Oc1ccc(C(=O)OCC(=O)N[C@@H](C)c2cccs2)cc1. The standard InChI is InChI=1S/C18H21NO4S/c1-12(2)23-15-8-6-14(7-9-15)18(21)22-11-17(20)19-13(3)16-5-4-10-24-16/h4-10,12-13H,11H2,1-3H3,(H,19,20)/t13-/m0/s1. The van der Waals surface area contributed by atoms with E-state index < -0.39 is 5.97 Å². The molecule has 24 heavy (non-hydrogen) atoms. The van der Waals surface area contributed by atoms with Crippen molar-refractivity contribution in [2.45, 2.75) is 32.9 Å². The number of hydrogen-bond donors (Lipinski definition) is 1. The van der Waals surface area contributed by atoms with Crippen molar-refractivity contribution < 1.29 is 19.1 Å². The predicted molar refractivity (Wildman–Crippen MR) is 93.4 cm³/mol. The highest BCUT2D eigenvalue weighted by atomic mass is 32.1. The number of amides is 1. The molecule has 5 nitrogen and oxygen atoms in total. The molecule has 6 heteroatoms. The van der Waals surface area contributed by atoms with Gasteiger partial charge in [-0.25, -0.2) is 4.79 Å². The van der Waals surface area contributed by atoms with Crippen molar-refractivity contribution >= 4 is 23.2 Å². The zero-order valence-electron chi connectivity index (χ0n) is 13.9. The van der Waals surface area contributed by atoms with Crippen LogP contribution in [-0.2, 0) is 9.53 Å². The maximum Gasteiger partial charge on any atom is 0.338 e. The first-order valence-corrected chi connectivity index (χ1v) is 8.60. The van der Waals surface area contributed by atoms with Gasteiger partial charge in [0.2, 0.25) is 0 Å². The van der Waals surface area contributed by atoms with Crippen LogP contribution in [0.25, 0.3) is 0 Å². The normalized spacial score (nSPS) is 11.8. The van der Waals surface area contributed by atoms with Crippen molar-refractivity contribution in [1.29, 1.82) is 0 Å². The van der Waals surface area contributed by atoms with E-state index in [-0.39, 0.29) is 24.7 Å². The number of hydrogen-bond acceptors (Lipinski definition) is 5. The van der Waals surface area contributed by atoms with E-state index in [1.165, 1.54) is 0 Å². The number of nitrogens with one attached hydrogen (secondary N) is 1. The Balaban J connectivity index is 1.80. The maximum absolute atomic E-state index is 12.0. The lowest BCUT2D eigenvalue weighted by molar-refractivity contribution is -0.124. The zero-order chi connectivity index (χ0) is 17.5. The van der Waals surface area contributed by atoms with Crippen molar-refractivity contribution in [1.82, 2.24) is 5.32 Å². The lowest BCUT2D eigenvalue weighted by Crippen LogP contribution is -2.30. The van der Waals surface area contributed by atoms with Crippen molar-refractivity contribution in [2.75, 3.05) is 6.61 Å². The molecule has 0 unspecified atom stereocenters. The minimum atomic E-state index is -0.537. The Morgan fingerprint density at radius 1 is 1.12 bits per heavy atom. The lowest BCUT2D eigenvalue weighted by Gasteiger charge is -2.12. The number of esters is 1. The van der Waals surface area contributed by atoms with Crippen LogP contribution in [-0.4, -0.2) is 24.6 Å². The Morgan fingerprint density at radius 3 is 2.42 bits per heavy atom. The number of carbonyl (C=O) groups is 2. The van der Waals surface area contributed by atoms with Crippen LogP contribution in [0.5, 0.6) is 5.75 Å². The molecule has 128 valence electrons. The third-order valence-electron chi connectivity index (χ3n) is 3.14. The van der Waals surface area contributed by atoms with Crippen molar-refractivity contribution in [3.05, 3.63) is 52.2 Å². The molecule has 1 aromatic heterocycles. The van der Waals surface area contributed by atoms with E-state index in [0.29, 0.717) is 11.3 Å². The Kier molecular flexibility index (Phi) is 6.37. The molecule has 0 fully saturated rings. The molecule has 0 spiro atoms. The van der Waals surface area contributed by atoms with Crippen LogP contribution in [0.1, 0.15) is 42.0 Å². The molecular formula is C18H21NO4S. The summed E-state index contributed by atoms with van der Waals surface area (Å²) in [5.41, 5.74) is 0.380. The monoisotopic (exact) mass is 347 g/mol. The van der Waals surface area contributed by atoms with Crippen LogP contribution >= 0.6 is 11.3 Å². The van der Waals surface area contributed by atoms with Crippen LogP contribution in [0.2, 0.25) is 0 Å². The summed E-state index contributed by atoms with van der Waals surface area (Å²) in [5.74, 6) is -0.182. The molecule has 1 heterocycles. The number of benzene rings is 1. The Morgan fingerprint density at radius 2 is 1.83 bits per heavy atom. The highest BCUT2D eigenvalue weighted by Crippen LogP contribution is 2.18. The third-order valence-corrected chi connectivity index (χ3v) is 4.20. The smallest absolute Gasteiger partial charge is 0.338 e. The highest BCUT2D eigenvalue weighted by molar-refractivity contribution is 7.10. The van der Waals surface area contributed by atoms with Gasteiger partial charge in [0.25, 0.3) is 5.91 Å². The first kappa shape index (κ1) is 18.0. The minimum absolute atomic E-state index is 0.0665. The predicted octanol–water partition coefficient (Wildman–Crippen LogP) is 3.57. The Hall–Kier alpha value is -2.34. The zero-order valence-corrected chi connectivity index (χ0v) is 14.8. The molecule has 2 rings (SSSR count). The van der Waals surface area contributed by atoms with Gasteiger partial charge in [-0.15, -0.1) is 11.3 Å². The summed E-state index contributed by atoms with van der Waals surface area (Å²) in [5, 5.41) is 4.74. The van der Waals surface area contributed by atoms with Crippen LogP contribution in [0.3, 0.4) is 0 Å². The van der Waals surface area contributed by atoms with Gasteiger partial charge in [0.15, 0.2) is 6.61 Å². The molecule has 0 aliphatic heterocycles. The van der Waals surface area contributed by atoms with Crippen LogP contribution < -0.4 is 10.1 Å². The van der Waals surface area contributed by atoms with E-state index in [1.54, 1.807) is 35.6 Å². The average molecular weight is 347 g/mol. The summed E-state index contributed by atoms with van der Waals surface area (Å²) in [4.78, 5) is 24.9. The van der Waals surface area contributed by atoms with Gasteiger partial charge in [0.05, 0.1) is 17.7 Å².